The van der Waals surface area contributed by atoms with E-state index in [1.54, 1.807) is 6.08 Å². The molecule has 19 heavy (non-hydrogen) atoms. The van der Waals surface area contributed by atoms with Crippen LogP contribution in [0.15, 0.2) is 53.0 Å². The maximum absolute atomic E-state index is 5.59. The van der Waals surface area contributed by atoms with Gasteiger partial charge in [0.25, 0.3) is 0 Å². The Labute approximate surface area is 123 Å². The van der Waals surface area contributed by atoms with E-state index in [2.05, 4.69) is 40.3 Å². The first-order valence-electron chi connectivity index (χ1n) is 5.61. The van der Waals surface area contributed by atoms with Gasteiger partial charge in [0.2, 0.25) is 0 Å². The molecule has 0 heterocycles. The molecule has 94 valence electrons. The summed E-state index contributed by atoms with van der Waals surface area (Å²) in [7, 11) is 2.64. The fourth-order valence-corrected chi connectivity index (χ4v) is 2.04. The van der Waals surface area contributed by atoms with Crippen LogP contribution in [-0.2, 0) is 0 Å². The number of benzene rings is 1. The Balaban J connectivity index is 3.65. The lowest BCUT2D eigenvalue weighted by atomic mass is 9.93. The van der Waals surface area contributed by atoms with Gasteiger partial charge >= 0.3 is 0 Å². The topological polar surface area (TPSA) is 0 Å². The predicted molar refractivity (Wildman–Crippen MR) is 92.3 cm³/mol. The van der Waals surface area contributed by atoms with Gasteiger partial charge in [-0.05, 0) is 22.7 Å². The molecule has 0 spiro atoms. The molecule has 0 bridgehead atoms. The molecule has 0 nitrogen and oxygen atoms in total. The second-order valence-electron chi connectivity index (χ2n) is 3.86. The quantitative estimate of drug-likeness (QED) is 0.372. The zero-order valence-electron chi connectivity index (χ0n) is 10.8. The summed E-state index contributed by atoms with van der Waals surface area (Å²) in [5, 5.41) is 1.10. The monoisotopic (exact) mass is 282 g/mol. The summed E-state index contributed by atoms with van der Waals surface area (Å²) < 4.78 is 0. The van der Waals surface area contributed by atoms with Gasteiger partial charge < -0.3 is 0 Å². The molecule has 0 N–H and O–H groups in total. The van der Waals surface area contributed by atoms with E-state index in [4.69, 9.17) is 12.8 Å². The molecule has 0 aliphatic rings. The molecule has 1 aromatic carbocycles. The summed E-state index contributed by atoms with van der Waals surface area (Å²) in [6.07, 6.45) is 12.8. The van der Waals surface area contributed by atoms with Gasteiger partial charge in [-0.2, -0.15) is 0 Å². The van der Waals surface area contributed by atoms with Crippen molar-refractivity contribution in [1.29, 1.82) is 0 Å². The van der Waals surface area contributed by atoms with E-state index in [0.29, 0.717) is 11.1 Å². The Bertz CT molecular complexity index is 627. The first-order valence-corrected chi connectivity index (χ1v) is 6.63. The lowest BCUT2D eigenvalue weighted by molar-refractivity contribution is 1.54. The third kappa shape index (κ3) is 3.65. The third-order valence-corrected chi connectivity index (χ3v) is 3.19. The number of rotatable bonds is 3. The largest absolute Gasteiger partial charge is 0.147 e. The van der Waals surface area contributed by atoms with Crippen LogP contribution < -0.4 is 5.30 Å². The maximum Gasteiger partial charge on any atom is 0.0423 e. The fourth-order valence-electron chi connectivity index (χ4n) is 1.67. The predicted octanol–water partition coefficient (Wildman–Crippen LogP) is 3.60. The summed E-state index contributed by atoms with van der Waals surface area (Å²) >= 11 is 4.35. The van der Waals surface area contributed by atoms with Crippen LogP contribution in [0.1, 0.15) is 12.5 Å². The van der Waals surface area contributed by atoms with Crippen molar-refractivity contribution in [3.8, 4) is 24.7 Å². The second kappa shape index (κ2) is 7.06. The molecule has 1 rings (SSSR count). The van der Waals surface area contributed by atoms with Crippen LogP contribution in [0.4, 0.5) is 0 Å². The smallest absolute Gasteiger partial charge is 0.0423 e. The molecule has 2 heteroatoms. The molecular weight excluding hydrogens is 267 g/mol. The van der Waals surface area contributed by atoms with Crippen LogP contribution in [0.2, 0.25) is 0 Å². The summed E-state index contributed by atoms with van der Waals surface area (Å²) in [6.45, 7) is 5.60. The Kier molecular flexibility index (Phi) is 5.72. The van der Waals surface area contributed by atoms with E-state index < -0.39 is 0 Å². The van der Waals surface area contributed by atoms with Crippen LogP contribution in [0.25, 0.3) is 5.57 Å². The van der Waals surface area contributed by atoms with Crippen molar-refractivity contribution in [2.45, 2.75) is 6.92 Å². The normalized spacial score (nSPS) is 12.7. The Morgan fingerprint density at radius 1 is 1.26 bits per heavy atom. The first-order chi connectivity index (χ1) is 9.04. The van der Waals surface area contributed by atoms with Crippen molar-refractivity contribution < 1.29 is 0 Å². The molecule has 0 aliphatic heterocycles. The average molecular weight is 282 g/mol. The summed E-state index contributed by atoms with van der Waals surface area (Å²) in [6, 6.07) is 7.93. The molecule has 0 fully saturated rings. The highest BCUT2D eigenvalue weighted by Gasteiger charge is 2.12. The number of terminal acetylenes is 2. The fraction of sp³-hybridized carbons (Fsp3) is 0.0588. The van der Waals surface area contributed by atoms with Crippen LogP contribution in [-0.4, -0.2) is 0 Å². The summed E-state index contributed by atoms with van der Waals surface area (Å²) in [5.41, 5.74) is 3.13. The van der Waals surface area contributed by atoms with Crippen molar-refractivity contribution in [3.05, 3.63) is 58.5 Å². The van der Waals surface area contributed by atoms with E-state index in [0.717, 1.165) is 21.3 Å². The molecule has 1 aromatic rings. The highest BCUT2D eigenvalue weighted by molar-refractivity contribution is 7.84. The Morgan fingerprint density at radius 3 is 2.21 bits per heavy atom. The molecule has 0 aromatic heterocycles. The number of allylic oxidation sites excluding steroid dienone is 5. The van der Waals surface area contributed by atoms with Crippen molar-refractivity contribution in [3.63, 3.8) is 0 Å². The average Bonchev–Trinajstić information content (AvgIpc) is 2.40. The molecular formula is C17H15PS. The van der Waals surface area contributed by atoms with Crippen LogP contribution >= 0.6 is 21.9 Å². The molecule has 0 aliphatic carbocycles. The Hall–Kier alpha value is -1.66. The number of hydrogen-bond acceptors (Lipinski definition) is 1. The highest BCUT2D eigenvalue weighted by Crippen LogP contribution is 2.29. The summed E-state index contributed by atoms with van der Waals surface area (Å²) in [4.78, 5) is 0.752. The number of hydrogen-bond donors (Lipinski definition) is 1. The van der Waals surface area contributed by atoms with Crippen molar-refractivity contribution in [2.24, 2.45) is 0 Å². The second-order valence-corrected chi connectivity index (χ2v) is 5.20. The van der Waals surface area contributed by atoms with E-state index >= 15 is 0 Å². The van der Waals surface area contributed by atoms with Crippen molar-refractivity contribution >= 4 is 32.7 Å². The molecule has 0 saturated carbocycles. The van der Waals surface area contributed by atoms with Crippen LogP contribution in [0.5, 0.6) is 0 Å². The van der Waals surface area contributed by atoms with Gasteiger partial charge in [0.05, 0.1) is 0 Å². The lowest BCUT2D eigenvalue weighted by Crippen LogP contribution is -1.96. The maximum atomic E-state index is 5.59. The number of thiol groups is 1. The van der Waals surface area contributed by atoms with E-state index in [-0.39, 0.29) is 0 Å². The molecule has 0 amide bonds. The molecule has 0 saturated heterocycles. The van der Waals surface area contributed by atoms with Crippen molar-refractivity contribution in [1.82, 2.24) is 0 Å². The van der Waals surface area contributed by atoms with Crippen LogP contribution in [0, 0.1) is 24.7 Å². The SMILES string of the molecule is C#C/C(C=C)=C(/C(C#C)=C(\C)S)c1ccc(P)cc1. The molecule has 1 unspecified atom stereocenters. The molecule has 0 radical (unpaired) electrons. The van der Waals surface area contributed by atoms with Gasteiger partial charge in [-0.3, -0.25) is 0 Å². The zero-order valence-corrected chi connectivity index (χ0v) is 12.8. The minimum absolute atomic E-state index is 0.665. The zero-order chi connectivity index (χ0) is 14.4. The lowest BCUT2D eigenvalue weighted by Gasteiger charge is -2.12. The standard InChI is InChI=1S/C17H15PS/c1-5-13(6-2)17(16(7-3)12(4)19)14-8-10-15(18)11-9-14/h1,3,6,8-11,19H,2,18H2,4H3/b16-12+,17-13-. The minimum Gasteiger partial charge on any atom is -0.147 e. The molecule has 1 atom stereocenters. The minimum atomic E-state index is 0.665. The van der Waals surface area contributed by atoms with Gasteiger partial charge in [0.1, 0.15) is 0 Å². The highest BCUT2D eigenvalue weighted by atomic mass is 32.1. The Morgan fingerprint density at radius 2 is 1.84 bits per heavy atom. The van der Waals surface area contributed by atoms with Gasteiger partial charge in [-0.15, -0.1) is 34.7 Å². The van der Waals surface area contributed by atoms with Gasteiger partial charge in [0, 0.05) is 16.7 Å². The first kappa shape index (κ1) is 15.4. The van der Waals surface area contributed by atoms with Gasteiger partial charge in [-0.25, -0.2) is 0 Å². The van der Waals surface area contributed by atoms with Crippen molar-refractivity contribution in [2.75, 3.05) is 0 Å². The van der Waals surface area contributed by atoms with Gasteiger partial charge in [-0.1, -0.05) is 48.8 Å². The van der Waals surface area contributed by atoms with E-state index in [1.807, 2.05) is 31.2 Å². The van der Waals surface area contributed by atoms with E-state index in [9.17, 15) is 0 Å². The summed E-state index contributed by atoms with van der Waals surface area (Å²) in [5.74, 6) is 5.29. The van der Waals surface area contributed by atoms with E-state index in [1.165, 1.54) is 0 Å². The van der Waals surface area contributed by atoms with Crippen LogP contribution in [0.3, 0.4) is 0 Å². The third-order valence-electron chi connectivity index (χ3n) is 2.58. The van der Waals surface area contributed by atoms with Gasteiger partial charge in [0.15, 0.2) is 0 Å².